The van der Waals surface area contributed by atoms with E-state index in [0.29, 0.717) is 24.5 Å². The summed E-state index contributed by atoms with van der Waals surface area (Å²) in [4.78, 5) is 55.8. The fraction of sp³-hybridized carbons (Fsp3) is 0.767. The Bertz CT molecular complexity index is 1050. The number of imidazole rings is 1. The predicted molar refractivity (Wildman–Crippen MR) is 169 cm³/mol. The highest BCUT2D eigenvalue weighted by Gasteiger charge is 2.31. The van der Waals surface area contributed by atoms with Crippen molar-refractivity contribution in [2.45, 2.75) is 99.1 Å². The molecule has 1 aromatic heterocycles. The van der Waals surface area contributed by atoms with Gasteiger partial charge in [-0.3, -0.25) is 14.4 Å². The average Bonchev–Trinajstić information content (AvgIpc) is 3.23. The van der Waals surface area contributed by atoms with Crippen LogP contribution >= 0.6 is 11.8 Å². The summed E-state index contributed by atoms with van der Waals surface area (Å²) in [6, 6.07) is -2.25. The van der Waals surface area contributed by atoms with Gasteiger partial charge >= 0.3 is 6.09 Å². The molecule has 0 bridgehead atoms. The Morgan fingerprint density at radius 2 is 1.60 bits per heavy atom. The van der Waals surface area contributed by atoms with E-state index in [1.165, 1.54) is 11.8 Å². The van der Waals surface area contributed by atoms with Gasteiger partial charge in [0.1, 0.15) is 17.9 Å². The fourth-order valence-electron chi connectivity index (χ4n) is 4.45. The molecule has 1 heterocycles. The number of amides is 4. The molecule has 0 radical (unpaired) electrons. The largest absolute Gasteiger partial charge is 0.441 e. The highest BCUT2D eigenvalue weighted by molar-refractivity contribution is 7.98. The van der Waals surface area contributed by atoms with E-state index < -0.39 is 42.1 Å². The lowest BCUT2D eigenvalue weighted by atomic mass is 9.91. The molecule has 1 rings (SSSR count). The maximum atomic E-state index is 13.3. The molecule has 0 aliphatic heterocycles. The molecule has 5 atom stereocenters. The lowest BCUT2D eigenvalue weighted by molar-refractivity contribution is -0.132. The number of aromatic nitrogens is 2. The third-order valence-corrected chi connectivity index (χ3v) is 7.53. The monoisotopic (exact) mass is 626 g/mol. The number of aliphatic hydroxyl groups is 1. The molecule has 0 aliphatic rings. The van der Waals surface area contributed by atoms with Crippen LogP contribution < -0.4 is 21.3 Å². The molecule has 0 saturated heterocycles. The number of carbonyl (C=O) groups excluding carboxylic acids is 4. The Kier molecular flexibility index (Phi) is 16.7. The minimum absolute atomic E-state index is 0.0462. The zero-order valence-electron chi connectivity index (χ0n) is 27.5. The van der Waals surface area contributed by atoms with Crippen LogP contribution in [0.2, 0.25) is 0 Å². The van der Waals surface area contributed by atoms with Crippen LogP contribution in [0.1, 0.15) is 72.8 Å². The third kappa shape index (κ3) is 14.0. The number of thioether (sulfide) groups is 1. The Morgan fingerprint density at radius 3 is 2.12 bits per heavy atom. The molecular weight excluding hydrogens is 572 g/mol. The van der Waals surface area contributed by atoms with Crippen LogP contribution in [0.5, 0.6) is 0 Å². The van der Waals surface area contributed by atoms with E-state index >= 15 is 0 Å². The van der Waals surface area contributed by atoms with Gasteiger partial charge in [-0.2, -0.15) is 11.8 Å². The van der Waals surface area contributed by atoms with Crippen LogP contribution in [0.25, 0.3) is 0 Å². The molecule has 0 unspecified atom stereocenters. The molecule has 4 amide bonds. The van der Waals surface area contributed by atoms with E-state index in [1.54, 1.807) is 18.5 Å². The normalized spacial score (nSPS) is 15.0. The summed E-state index contributed by atoms with van der Waals surface area (Å²) >= 11 is 1.38. The fourth-order valence-corrected chi connectivity index (χ4v) is 5.01. The van der Waals surface area contributed by atoms with Crippen molar-refractivity contribution in [2.75, 3.05) is 18.6 Å². The minimum Gasteiger partial charge on any atom is -0.441 e. The van der Waals surface area contributed by atoms with Gasteiger partial charge in [-0.05, 0) is 43.8 Å². The summed E-state index contributed by atoms with van der Waals surface area (Å²) in [5, 5.41) is 22.4. The summed E-state index contributed by atoms with van der Waals surface area (Å²) in [5.41, 5.74) is 0.801. The van der Waals surface area contributed by atoms with Gasteiger partial charge < -0.3 is 35.7 Å². The lowest BCUT2D eigenvalue weighted by Gasteiger charge is -2.30. The van der Waals surface area contributed by atoms with Crippen molar-refractivity contribution in [2.24, 2.45) is 30.7 Å². The third-order valence-electron chi connectivity index (χ3n) is 6.86. The molecule has 12 nitrogen and oxygen atoms in total. The Labute approximate surface area is 261 Å². The Hall–Kier alpha value is -2.80. The average molecular weight is 627 g/mol. The number of aliphatic hydroxyl groups excluding tert-OH is 1. The Morgan fingerprint density at radius 1 is 0.953 bits per heavy atom. The first-order chi connectivity index (χ1) is 20.0. The summed E-state index contributed by atoms with van der Waals surface area (Å²) < 4.78 is 7.05. The second-order valence-corrected chi connectivity index (χ2v) is 13.4. The number of carbonyl (C=O) groups is 4. The van der Waals surface area contributed by atoms with Gasteiger partial charge in [0.2, 0.25) is 17.7 Å². The summed E-state index contributed by atoms with van der Waals surface area (Å²) in [5.74, 6) is -0.502. The van der Waals surface area contributed by atoms with Crippen LogP contribution in [-0.4, -0.2) is 81.3 Å². The molecule has 5 N–H and O–H groups in total. The maximum absolute atomic E-state index is 13.3. The molecule has 0 saturated carbocycles. The van der Waals surface area contributed by atoms with Crippen molar-refractivity contribution in [1.29, 1.82) is 0 Å². The van der Waals surface area contributed by atoms with Crippen molar-refractivity contribution in [3.05, 3.63) is 17.7 Å². The molecular formula is C30H54N6O6S. The Balaban J connectivity index is 2.85. The quantitative estimate of drug-likeness (QED) is 0.166. The summed E-state index contributed by atoms with van der Waals surface area (Å²) in [6.07, 6.45) is 2.39. The van der Waals surface area contributed by atoms with E-state index in [4.69, 9.17) is 4.74 Å². The van der Waals surface area contributed by atoms with E-state index in [1.807, 2.05) is 60.9 Å². The van der Waals surface area contributed by atoms with E-state index in [-0.39, 0.29) is 42.6 Å². The van der Waals surface area contributed by atoms with Gasteiger partial charge in [-0.1, -0.05) is 48.5 Å². The van der Waals surface area contributed by atoms with Crippen molar-refractivity contribution >= 4 is 35.6 Å². The second-order valence-electron chi connectivity index (χ2n) is 12.5. The highest BCUT2D eigenvalue weighted by Crippen LogP contribution is 2.17. The first kappa shape index (κ1) is 38.2. The van der Waals surface area contributed by atoms with Crippen LogP contribution in [0.3, 0.4) is 0 Å². The topological polar surface area (TPSA) is 164 Å². The van der Waals surface area contributed by atoms with E-state index in [0.717, 1.165) is 5.69 Å². The number of hydrogen-bond donors (Lipinski definition) is 5. The number of rotatable bonds is 18. The van der Waals surface area contributed by atoms with Crippen LogP contribution in [0.15, 0.2) is 6.20 Å². The molecule has 13 heteroatoms. The molecule has 43 heavy (non-hydrogen) atoms. The van der Waals surface area contributed by atoms with Gasteiger partial charge in [-0.25, -0.2) is 9.78 Å². The maximum Gasteiger partial charge on any atom is 0.408 e. The number of alkyl carbamates (subject to hydrolysis) is 1. The van der Waals surface area contributed by atoms with Crippen LogP contribution in [-0.2, 0) is 32.8 Å². The van der Waals surface area contributed by atoms with Gasteiger partial charge in [0.15, 0.2) is 6.61 Å². The van der Waals surface area contributed by atoms with Gasteiger partial charge in [0.25, 0.3) is 0 Å². The number of hydrogen-bond acceptors (Lipinski definition) is 8. The molecule has 1 aromatic rings. The number of nitrogens with zero attached hydrogens (tertiary/aromatic N) is 2. The second kappa shape index (κ2) is 18.8. The predicted octanol–water partition coefficient (Wildman–Crippen LogP) is 2.52. The lowest BCUT2D eigenvalue weighted by Crippen LogP contribution is -2.54. The molecule has 246 valence electrons. The molecule has 0 aliphatic carbocycles. The van der Waals surface area contributed by atoms with Crippen molar-refractivity contribution < 1.29 is 29.0 Å². The molecule has 0 aromatic carbocycles. The zero-order valence-corrected chi connectivity index (χ0v) is 28.3. The molecule has 0 spiro atoms. The standard InChI is InChI=1S/C30H54N6O6S/c1-17(2)11-22(24(37)12-20(7)27(38)35-26(19(5)6)29(40)31-13-18(3)4)33-28(39)23(16-43-10)34-30(41)42-15-25-32-21(8)14-36(25)9/h14,17-20,22-24,26,37H,11-13,15-16H2,1-10H3,(H,31,40)(H,33,39)(H,34,41)(H,35,38)/t20-,22+,23+,24+,26+/m1/s1. The number of ether oxygens (including phenoxy) is 1. The van der Waals surface area contributed by atoms with Crippen molar-refractivity contribution in [1.82, 2.24) is 30.8 Å². The van der Waals surface area contributed by atoms with Gasteiger partial charge in [-0.15, -0.1) is 0 Å². The summed E-state index contributed by atoms with van der Waals surface area (Å²) in [7, 11) is 1.80. The summed E-state index contributed by atoms with van der Waals surface area (Å²) in [6.45, 7) is 15.7. The first-order valence-corrected chi connectivity index (χ1v) is 16.4. The van der Waals surface area contributed by atoms with Crippen LogP contribution in [0, 0.1) is 30.6 Å². The minimum atomic E-state index is -1.03. The first-order valence-electron chi connectivity index (χ1n) is 15.0. The zero-order chi connectivity index (χ0) is 32.9. The van der Waals surface area contributed by atoms with E-state index in [2.05, 4.69) is 26.3 Å². The van der Waals surface area contributed by atoms with Crippen LogP contribution in [0.4, 0.5) is 4.79 Å². The van der Waals surface area contributed by atoms with Crippen molar-refractivity contribution in [3.63, 3.8) is 0 Å². The molecule has 0 fully saturated rings. The number of nitrogens with one attached hydrogen (secondary N) is 4. The SMILES string of the molecule is CSC[C@H](NC(=O)OCc1nc(C)cn1C)C(=O)N[C@@H](CC(C)C)[C@@H](O)C[C@@H](C)C(=O)N[C@H](C(=O)NCC(C)C)C(C)C. The highest BCUT2D eigenvalue weighted by atomic mass is 32.2. The van der Waals surface area contributed by atoms with Gasteiger partial charge in [0, 0.05) is 31.5 Å². The van der Waals surface area contributed by atoms with E-state index in [9.17, 15) is 24.3 Å². The smallest absolute Gasteiger partial charge is 0.408 e. The van der Waals surface area contributed by atoms with Crippen molar-refractivity contribution in [3.8, 4) is 0 Å². The van der Waals surface area contributed by atoms with Gasteiger partial charge in [0.05, 0.1) is 17.8 Å². The number of aryl methyl sites for hydroxylation is 2.